The molecule has 0 radical (unpaired) electrons. The van der Waals surface area contributed by atoms with Crippen molar-refractivity contribution in [1.82, 2.24) is 0 Å². The number of anilines is 4. The smallest absolute Gasteiger partial charge is 0.399 e. The summed E-state index contributed by atoms with van der Waals surface area (Å²) in [5.74, 6) is 0. The van der Waals surface area contributed by atoms with Gasteiger partial charge in [0.05, 0.1) is 34.0 Å². The summed E-state index contributed by atoms with van der Waals surface area (Å²) < 4.78 is 26.5. The molecular formula is C49H49B2N3O4. The molecule has 2 fully saturated rings. The number of nitrogens with one attached hydrogen (secondary N) is 2. The van der Waals surface area contributed by atoms with E-state index >= 15 is 0 Å². The van der Waals surface area contributed by atoms with E-state index < -0.39 is 36.6 Å². The van der Waals surface area contributed by atoms with E-state index in [1.54, 1.807) is 12.1 Å². The van der Waals surface area contributed by atoms with Crippen LogP contribution in [0.15, 0.2) is 146 Å². The highest BCUT2D eigenvalue weighted by Gasteiger charge is 2.55. The first-order valence-electron chi connectivity index (χ1n) is 20.0. The van der Waals surface area contributed by atoms with Gasteiger partial charge in [-0.1, -0.05) is 97.1 Å². The number of rotatable bonds is 10. The van der Waals surface area contributed by atoms with E-state index in [1.165, 1.54) is 5.56 Å². The summed E-state index contributed by atoms with van der Waals surface area (Å²) in [5.41, 5.74) is 9.81. The van der Waals surface area contributed by atoms with Crippen LogP contribution in [-0.4, -0.2) is 36.6 Å². The third-order valence-corrected chi connectivity index (χ3v) is 12.2. The molecule has 2 heterocycles. The van der Waals surface area contributed by atoms with E-state index in [-0.39, 0.29) is 0 Å². The van der Waals surface area contributed by atoms with E-state index in [1.807, 2.05) is 42.5 Å². The lowest BCUT2D eigenvalue weighted by molar-refractivity contribution is -0.00876. The van der Waals surface area contributed by atoms with Crippen molar-refractivity contribution < 1.29 is 18.6 Å². The van der Waals surface area contributed by atoms with E-state index in [0.717, 1.165) is 55.9 Å². The van der Waals surface area contributed by atoms with Crippen LogP contribution < -0.4 is 21.6 Å². The van der Waals surface area contributed by atoms with Gasteiger partial charge in [-0.3, -0.25) is 0 Å². The first kappa shape index (κ1) is 39.2. The van der Waals surface area contributed by atoms with Gasteiger partial charge in [0.25, 0.3) is 0 Å². The average molecular weight is 766 g/mol. The Morgan fingerprint density at radius 1 is 0.483 bits per heavy atom. The molecule has 6 aromatic rings. The highest BCUT2D eigenvalue weighted by molar-refractivity contribution is 6.64. The molecule has 0 spiro atoms. The number of hydrogen-bond acceptors (Lipinski definition) is 7. The lowest BCUT2D eigenvalue weighted by atomic mass is 9.76. The second kappa shape index (κ2) is 15.3. The minimum Gasteiger partial charge on any atom is -0.399 e. The number of nitrogens with zero attached hydrogens (tertiary/aromatic N) is 1. The lowest BCUT2D eigenvalue weighted by Gasteiger charge is -2.36. The van der Waals surface area contributed by atoms with Gasteiger partial charge in [-0.2, -0.15) is 5.26 Å². The maximum absolute atomic E-state index is 9.20. The Morgan fingerprint density at radius 3 is 1.59 bits per heavy atom. The molecule has 58 heavy (non-hydrogen) atoms. The molecule has 1 unspecified atom stereocenters. The van der Waals surface area contributed by atoms with E-state index in [2.05, 4.69) is 156 Å². The number of para-hydroxylation sites is 1. The quantitative estimate of drug-likeness (QED) is 0.134. The second-order valence-electron chi connectivity index (χ2n) is 17.0. The molecule has 0 saturated carbocycles. The number of benzene rings is 6. The molecule has 2 aliphatic rings. The van der Waals surface area contributed by atoms with Crippen LogP contribution in [0.1, 0.15) is 59.6 Å². The summed E-state index contributed by atoms with van der Waals surface area (Å²) in [4.78, 5) is 0. The third-order valence-electron chi connectivity index (χ3n) is 12.2. The zero-order chi connectivity index (χ0) is 40.7. The van der Waals surface area contributed by atoms with Crippen LogP contribution in [0.4, 0.5) is 22.7 Å². The van der Waals surface area contributed by atoms with Crippen LogP contribution in [-0.2, 0) is 25.0 Å². The molecule has 2 saturated heterocycles. The summed E-state index contributed by atoms with van der Waals surface area (Å²) in [7, 11) is -1.06. The Labute approximate surface area is 343 Å². The van der Waals surface area contributed by atoms with E-state index in [4.69, 9.17) is 18.6 Å². The molecule has 290 valence electrons. The summed E-state index contributed by atoms with van der Waals surface area (Å²) in [6, 6.07) is 51.7. The first-order valence-corrected chi connectivity index (χ1v) is 20.0. The molecule has 0 aromatic heterocycles. The number of hydrogen-bond donors (Lipinski definition) is 2. The van der Waals surface area contributed by atoms with Crippen molar-refractivity contribution >= 4 is 47.9 Å². The summed E-state index contributed by atoms with van der Waals surface area (Å²) in [6.45, 7) is 14.7. The zero-order valence-corrected chi connectivity index (χ0v) is 34.3. The van der Waals surface area contributed by atoms with Crippen molar-refractivity contribution in [3.63, 3.8) is 0 Å². The topological polar surface area (TPSA) is 84.8 Å². The minimum atomic E-state index is -0.591. The van der Waals surface area contributed by atoms with Crippen LogP contribution in [0.2, 0.25) is 0 Å². The van der Waals surface area contributed by atoms with Gasteiger partial charge in [0.1, 0.15) is 0 Å². The minimum absolute atomic E-state index is 0.457. The Bertz CT molecular complexity index is 2430. The largest absolute Gasteiger partial charge is 0.497 e. The molecule has 1 atom stereocenters. The highest BCUT2D eigenvalue weighted by Crippen LogP contribution is 2.41. The van der Waals surface area contributed by atoms with Gasteiger partial charge in [0.2, 0.25) is 0 Å². The second-order valence-corrected chi connectivity index (χ2v) is 17.0. The van der Waals surface area contributed by atoms with Crippen LogP contribution in [0.25, 0.3) is 22.3 Å². The standard InChI is InChI=1S/C49H49B2N3O4/c1-46(2)47(3,4)56-51(55-46)43-31-39(36-13-9-8-10-14-36)25-30-45(43)54-41-28-23-38(24-29-41)37-21-17-34(18-22-37)32-49(7)48(5,6)57-50(58-49)42-15-11-12-16-44(42)53-40-26-19-35(33-52)20-27-40/h8-31,53-54H,32H2,1-7H3. The van der Waals surface area contributed by atoms with E-state index in [9.17, 15) is 5.26 Å². The first-order chi connectivity index (χ1) is 27.7. The summed E-state index contributed by atoms with van der Waals surface area (Å²) >= 11 is 0. The highest BCUT2D eigenvalue weighted by atomic mass is 16.7. The van der Waals surface area contributed by atoms with Crippen LogP contribution in [0, 0.1) is 11.3 Å². The molecule has 6 aromatic carbocycles. The molecule has 9 heteroatoms. The fourth-order valence-corrected chi connectivity index (χ4v) is 7.53. The predicted molar refractivity (Wildman–Crippen MR) is 237 cm³/mol. The Hall–Kier alpha value is -5.62. The molecular weight excluding hydrogens is 716 g/mol. The maximum Gasteiger partial charge on any atom is 0.497 e. The van der Waals surface area contributed by atoms with Gasteiger partial charge >= 0.3 is 14.2 Å². The molecule has 0 bridgehead atoms. The van der Waals surface area contributed by atoms with Gasteiger partial charge in [-0.05, 0) is 125 Å². The molecule has 0 aliphatic carbocycles. The van der Waals surface area contributed by atoms with Crippen molar-refractivity contribution in [1.29, 1.82) is 5.26 Å². The van der Waals surface area contributed by atoms with Gasteiger partial charge < -0.3 is 29.3 Å². The Morgan fingerprint density at radius 2 is 0.966 bits per heavy atom. The van der Waals surface area contributed by atoms with Gasteiger partial charge in [-0.15, -0.1) is 0 Å². The fraction of sp³-hybridized carbons (Fsp3) is 0.245. The Balaban J connectivity index is 0.963. The van der Waals surface area contributed by atoms with Crippen molar-refractivity contribution in [2.75, 3.05) is 10.6 Å². The predicted octanol–water partition coefficient (Wildman–Crippen LogP) is 10.2. The van der Waals surface area contributed by atoms with Gasteiger partial charge in [0.15, 0.2) is 0 Å². The van der Waals surface area contributed by atoms with Crippen molar-refractivity contribution in [2.45, 2.75) is 77.3 Å². The molecule has 7 nitrogen and oxygen atoms in total. The number of nitriles is 1. The molecule has 8 rings (SSSR count). The SMILES string of the molecule is CC1(C)OB(c2cc(-c3ccccc3)ccc2Nc2ccc(-c3ccc(CC4(C)OB(c5ccccc5Nc5ccc(C#N)cc5)OC4(C)C)cc3)cc2)OC1(C)C. The third kappa shape index (κ3) is 7.81. The monoisotopic (exact) mass is 765 g/mol. The van der Waals surface area contributed by atoms with Gasteiger partial charge in [-0.25, -0.2) is 0 Å². The fourth-order valence-electron chi connectivity index (χ4n) is 7.53. The zero-order valence-electron chi connectivity index (χ0n) is 34.3. The average Bonchev–Trinajstić information content (AvgIpc) is 3.59. The van der Waals surface area contributed by atoms with Crippen molar-refractivity contribution in [3.8, 4) is 28.3 Å². The molecule has 0 amide bonds. The normalized spacial score (nSPS) is 19.1. The van der Waals surface area contributed by atoms with Crippen LogP contribution in [0.5, 0.6) is 0 Å². The van der Waals surface area contributed by atoms with Crippen LogP contribution in [0.3, 0.4) is 0 Å². The summed E-state index contributed by atoms with van der Waals surface area (Å²) in [5, 5.41) is 16.3. The van der Waals surface area contributed by atoms with Crippen LogP contribution >= 0.6 is 0 Å². The molecule has 2 aliphatic heterocycles. The van der Waals surface area contributed by atoms with Crippen molar-refractivity contribution in [2.24, 2.45) is 0 Å². The van der Waals surface area contributed by atoms with E-state index in [0.29, 0.717) is 12.0 Å². The lowest BCUT2D eigenvalue weighted by Crippen LogP contribution is -2.46. The van der Waals surface area contributed by atoms with Crippen molar-refractivity contribution in [3.05, 3.63) is 157 Å². The summed E-state index contributed by atoms with van der Waals surface area (Å²) in [6.07, 6.45) is 0.680. The Kier molecular flexibility index (Phi) is 10.3. The maximum atomic E-state index is 9.20. The molecule has 2 N–H and O–H groups in total. The van der Waals surface area contributed by atoms with Gasteiger partial charge in [0, 0.05) is 40.1 Å².